The Labute approximate surface area is 174 Å². The molecule has 2 aliphatic rings. The number of ether oxygens (including phenoxy) is 4. The quantitative estimate of drug-likeness (QED) is 0.705. The van der Waals surface area contributed by atoms with Gasteiger partial charge in [-0.25, -0.2) is 4.79 Å². The summed E-state index contributed by atoms with van der Waals surface area (Å²) in [5.74, 6) is 0.480. The summed E-state index contributed by atoms with van der Waals surface area (Å²) in [6, 6.07) is 11.1. The lowest BCUT2D eigenvalue weighted by molar-refractivity contribution is -0.136. The van der Waals surface area contributed by atoms with E-state index in [0.29, 0.717) is 39.8 Å². The first kappa shape index (κ1) is 19.8. The highest BCUT2D eigenvalue weighted by molar-refractivity contribution is 6.06. The molecule has 30 heavy (non-hydrogen) atoms. The van der Waals surface area contributed by atoms with Crippen molar-refractivity contribution in [2.75, 3.05) is 32.8 Å². The molecule has 0 N–H and O–H groups in total. The SMILES string of the molecule is COc1cc(OC)c([C@H]2CC(=O)N(c3ccc(C)cc3)C3=C2C(=O)OC3)cc1OC. The summed E-state index contributed by atoms with van der Waals surface area (Å²) >= 11 is 0. The second-order valence-electron chi connectivity index (χ2n) is 7.21. The zero-order valence-electron chi connectivity index (χ0n) is 17.4. The van der Waals surface area contributed by atoms with Crippen molar-refractivity contribution >= 4 is 17.6 Å². The molecule has 2 aromatic rings. The molecular weight excluding hydrogens is 386 g/mol. The molecule has 0 aromatic heterocycles. The molecule has 2 heterocycles. The van der Waals surface area contributed by atoms with Crippen molar-refractivity contribution in [2.24, 2.45) is 0 Å². The molecule has 0 saturated carbocycles. The Morgan fingerprint density at radius 3 is 2.20 bits per heavy atom. The molecule has 0 radical (unpaired) electrons. The van der Waals surface area contributed by atoms with Crippen LogP contribution in [0.5, 0.6) is 17.2 Å². The first-order chi connectivity index (χ1) is 14.5. The first-order valence-electron chi connectivity index (χ1n) is 9.58. The standard InChI is InChI=1S/C23H23NO6/c1-13-5-7-14(8-6-13)24-17-12-30-23(26)22(17)16(10-21(24)25)15-9-19(28-3)20(29-4)11-18(15)27-2/h5-9,11,16H,10,12H2,1-4H3/t16-/m1/s1. The molecule has 1 atom stereocenters. The van der Waals surface area contributed by atoms with Gasteiger partial charge in [0.2, 0.25) is 5.91 Å². The average molecular weight is 409 g/mol. The van der Waals surface area contributed by atoms with E-state index in [1.807, 2.05) is 31.2 Å². The molecule has 7 nitrogen and oxygen atoms in total. The normalized spacial score (nSPS) is 18.3. The van der Waals surface area contributed by atoms with E-state index in [0.717, 1.165) is 5.56 Å². The Morgan fingerprint density at radius 1 is 0.933 bits per heavy atom. The molecule has 0 saturated heterocycles. The Hall–Kier alpha value is -3.48. The number of hydrogen-bond acceptors (Lipinski definition) is 6. The molecule has 0 unspecified atom stereocenters. The van der Waals surface area contributed by atoms with Crippen molar-refractivity contribution in [2.45, 2.75) is 19.3 Å². The van der Waals surface area contributed by atoms with Gasteiger partial charge in [-0.2, -0.15) is 0 Å². The summed E-state index contributed by atoms with van der Waals surface area (Å²) in [6.07, 6.45) is 0.105. The van der Waals surface area contributed by atoms with Crippen LogP contribution >= 0.6 is 0 Å². The van der Waals surface area contributed by atoms with Crippen LogP contribution in [-0.2, 0) is 14.3 Å². The average Bonchev–Trinajstić information content (AvgIpc) is 3.14. The largest absolute Gasteiger partial charge is 0.496 e. The predicted octanol–water partition coefficient (Wildman–Crippen LogP) is 3.35. The van der Waals surface area contributed by atoms with Gasteiger partial charge in [-0.15, -0.1) is 0 Å². The third-order valence-electron chi connectivity index (χ3n) is 5.52. The second-order valence-corrected chi connectivity index (χ2v) is 7.21. The molecule has 7 heteroatoms. The van der Waals surface area contributed by atoms with Crippen LogP contribution in [0, 0.1) is 6.92 Å². The number of methoxy groups -OCH3 is 3. The number of anilines is 1. The summed E-state index contributed by atoms with van der Waals surface area (Å²) in [5, 5.41) is 0. The van der Waals surface area contributed by atoms with Gasteiger partial charge in [0.05, 0.1) is 32.6 Å². The maximum atomic E-state index is 13.2. The lowest BCUT2D eigenvalue weighted by Crippen LogP contribution is -2.37. The van der Waals surface area contributed by atoms with E-state index in [9.17, 15) is 9.59 Å². The van der Waals surface area contributed by atoms with Gasteiger partial charge in [0.15, 0.2) is 11.5 Å². The molecule has 4 rings (SSSR count). The van der Waals surface area contributed by atoms with Crippen molar-refractivity contribution in [3.8, 4) is 17.2 Å². The Morgan fingerprint density at radius 2 is 1.57 bits per heavy atom. The fourth-order valence-electron chi connectivity index (χ4n) is 4.04. The zero-order chi connectivity index (χ0) is 21.4. The van der Waals surface area contributed by atoms with Gasteiger partial charge >= 0.3 is 5.97 Å². The molecule has 1 amide bonds. The number of esters is 1. The fourth-order valence-corrected chi connectivity index (χ4v) is 4.04. The number of carbonyl (C=O) groups is 2. The molecule has 0 aliphatic carbocycles. The number of rotatable bonds is 5. The van der Waals surface area contributed by atoms with E-state index in [4.69, 9.17) is 18.9 Å². The minimum absolute atomic E-state index is 0.0554. The van der Waals surface area contributed by atoms with Crippen LogP contribution in [0.3, 0.4) is 0 Å². The van der Waals surface area contributed by atoms with Gasteiger partial charge in [-0.3, -0.25) is 9.69 Å². The number of cyclic esters (lactones) is 1. The van der Waals surface area contributed by atoms with E-state index in [1.54, 1.807) is 17.0 Å². The highest BCUT2D eigenvalue weighted by Crippen LogP contribution is 2.47. The van der Waals surface area contributed by atoms with Crippen LogP contribution < -0.4 is 19.1 Å². The highest BCUT2D eigenvalue weighted by Gasteiger charge is 2.44. The minimum atomic E-state index is -0.501. The van der Waals surface area contributed by atoms with Crippen LogP contribution in [0.15, 0.2) is 47.7 Å². The topological polar surface area (TPSA) is 74.3 Å². The number of carbonyl (C=O) groups excluding carboxylic acids is 2. The molecule has 2 aromatic carbocycles. The third kappa shape index (κ3) is 3.16. The molecular formula is C23H23NO6. The molecule has 156 valence electrons. The van der Waals surface area contributed by atoms with Crippen LogP contribution in [0.2, 0.25) is 0 Å². The molecule has 0 bridgehead atoms. The van der Waals surface area contributed by atoms with Crippen LogP contribution in [0.4, 0.5) is 5.69 Å². The van der Waals surface area contributed by atoms with Gasteiger partial charge in [0.25, 0.3) is 0 Å². The predicted molar refractivity (Wildman–Crippen MR) is 110 cm³/mol. The minimum Gasteiger partial charge on any atom is -0.496 e. The molecule has 2 aliphatic heterocycles. The van der Waals surface area contributed by atoms with Crippen molar-refractivity contribution in [1.82, 2.24) is 0 Å². The van der Waals surface area contributed by atoms with E-state index in [-0.39, 0.29) is 18.9 Å². The van der Waals surface area contributed by atoms with Crippen molar-refractivity contribution in [3.63, 3.8) is 0 Å². The van der Waals surface area contributed by atoms with E-state index in [2.05, 4.69) is 0 Å². The van der Waals surface area contributed by atoms with Crippen molar-refractivity contribution in [3.05, 3.63) is 58.8 Å². The molecule has 0 fully saturated rings. The highest BCUT2D eigenvalue weighted by atomic mass is 16.5. The fraction of sp³-hybridized carbons (Fsp3) is 0.304. The zero-order valence-corrected chi connectivity index (χ0v) is 17.4. The Kier molecular flexibility index (Phi) is 5.11. The van der Waals surface area contributed by atoms with Crippen molar-refractivity contribution < 1.29 is 28.5 Å². The number of benzene rings is 2. The maximum absolute atomic E-state index is 13.2. The number of nitrogens with zero attached hydrogens (tertiary/aromatic N) is 1. The van der Waals surface area contributed by atoms with E-state index in [1.165, 1.54) is 21.3 Å². The maximum Gasteiger partial charge on any atom is 0.336 e. The first-order valence-corrected chi connectivity index (χ1v) is 9.58. The summed E-state index contributed by atoms with van der Waals surface area (Å²) < 4.78 is 21.7. The van der Waals surface area contributed by atoms with Crippen LogP contribution in [0.25, 0.3) is 0 Å². The van der Waals surface area contributed by atoms with Crippen LogP contribution in [0.1, 0.15) is 23.5 Å². The summed E-state index contributed by atoms with van der Waals surface area (Å²) in [4.78, 5) is 27.5. The van der Waals surface area contributed by atoms with Crippen LogP contribution in [-0.4, -0.2) is 39.8 Å². The van der Waals surface area contributed by atoms with Gasteiger partial charge in [0, 0.05) is 29.7 Å². The number of aryl methyl sites for hydroxylation is 1. The van der Waals surface area contributed by atoms with Gasteiger partial charge < -0.3 is 18.9 Å². The Balaban J connectivity index is 1.86. The van der Waals surface area contributed by atoms with Gasteiger partial charge in [0.1, 0.15) is 12.4 Å². The molecule has 0 spiro atoms. The lowest BCUT2D eigenvalue weighted by atomic mass is 9.83. The second kappa shape index (κ2) is 7.74. The van der Waals surface area contributed by atoms with Gasteiger partial charge in [-0.05, 0) is 25.1 Å². The van der Waals surface area contributed by atoms with Gasteiger partial charge in [-0.1, -0.05) is 17.7 Å². The monoisotopic (exact) mass is 409 g/mol. The third-order valence-corrected chi connectivity index (χ3v) is 5.52. The Bertz CT molecular complexity index is 1040. The summed E-state index contributed by atoms with van der Waals surface area (Å²) in [7, 11) is 4.61. The van der Waals surface area contributed by atoms with Crippen molar-refractivity contribution in [1.29, 1.82) is 0 Å². The summed E-state index contributed by atoms with van der Waals surface area (Å²) in [5.41, 5.74) is 3.53. The smallest absolute Gasteiger partial charge is 0.336 e. The van der Waals surface area contributed by atoms with E-state index < -0.39 is 11.9 Å². The number of amides is 1. The summed E-state index contributed by atoms with van der Waals surface area (Å²) in [6.45, 7) is 2.04. The van der Waals surface area contributed by atoms with E-state index >= 15 is 0 Å². The lowest BCUT2D eigenvalue weighted by Gasteiger charge is -2.32. The number of hydrogen-bond donors (Lipinski definition) is 0.